The fourth-order valence-electron chi connectivity index (χ4n) is 4.28. The number of hydrogen-bond donors (Lipinski definition) is 1. The third-order valence-electron chi connectivity index (χ3n) is 6.02. The first-order valence-corrected chi connectivity index (χ1v) is 11.4. The fourth-order valence-corrected chi connectivity index (χ4v) is 4.28. The highest BCUT2D eigenvalue weighted by atomic mass is 16.5. The molecule has 1 heterocycles. The number of pyridine rings is 1. The minimum Gasteiger partial charge on any atom is -0.497 e. The molecule has 1 unspecified atom stereocenters. The highest BCUT2D eigenvalue weighted by molar-refractivity contribution is 5.98. The molecule has 4 rings (SSSR count). The Balaban J connectivity index is 1.72. The van der Waals surface area contributed by atoms with E-state index in [1.807, 2.05) is 42.5 Å². The average molecular weight is 444 g/mol. The molecule has 1 saturated carbocycles. The van der Waals surface area contributed by atoms with Gasteiger partial charge in [0.05, 0.1) is 12.8 Å². The van der Waals surface area contributed by atoms with Gasteiger partial charge in [-0.1, -0.05) is 49.2 Å². The van der Waals surface area contributed by atoms with Gasteiger partial charge in [-0.05, 0) is 54.8 Å². The van der Waals surface area contributed by atoms with E-state index in [0.717, 1.165) is 31.2 Å². The zero-order valence-electron chi connectivity index (χ0n) is 18.8. The van der Waals surface area contributed by atoms with E-state index in [0.29, 0.717) is 17.0 Å². The van der Waals surface area contributed by atoms with Crippen LogP contribution in [0.4, 0.5) is 0 Å². The number of carbonyl (C=O) groups excluding carboxylic acids is 2. The molecule has 1 atom stereocenters. The number of carbonyl (C=O) groups is 2. The molecule has 1 aliphatic carbocycles. The van der Waals surface area contributed by atoms with E-state index in [2.05, 4.69) is 10.3 Å². The van der Waals surface area contributed by atoms with Gasteiger partial charge in [-0.25, -0.2) is 0 Å². The topological polar surface area (TPSA) is 71.5 Å². The van der Waals surface area contributed by atoms with Gasteiger partial charge in [0.2, 0.25) is 5.91 Å². The number of aromatic nitrogens is 1. The van der Waals surface area contributed by atoms with Crippen LogP contribution in [0.2, 0.25) is 0 Å². The zero-order valence-corrected chi connectivity index (χ0v) is 18.8. The van der Waals surface area contributed by atoms with E-state index in [1.165, 1.54) is 0 Å². The molecule has 3 aromatic rings. The van der Waals surface area contributed by atoms with E-state index >= 15 is 0 Å². The Morgan fingerprint density at radius 1 is 1.00 bits per heavy atom. The molecular formula is C27H29N3O3. The van der Waals surface area contributed by atoms with E-state index in [4.69, 9.17) is 4.74 Å². The summed E-state index contributed by atoms with van der Waals surface area (Å²) in [7, 11) is 1.59. The van der Waals surface area contributed by atoms with Gasteiger partial charge in [0.25, 0.3) is 5.91 Å². The van der Waals surface area contributed by atoms with E-state index < -0.39 is 6.04 Å². The molecule has 0 aliphatic heterocycles. The number of ether oxygens (including phenoxy) is 1. The van der Waals surface area contributed by atoms with Crippen LogP contribution in [0.5, 0.6) is 5.75 Å². The van der Waals surface area contributed by atoms with Crippen molar-refractivity contribution >= 4 is 11.8 Å². The van der Waals surface area contributed by atoms with Gasteiger partial charge in [0.15, 0.2) is 6.04 Å². The van der Waals surface area contributed by atoms with Crippen LogP contribution in [0.25, 0.3) is 0 Å². The largest absolute Gasteiger partial charge is 0.497 e. The molecule has 6 nitrogen and oxygen atoms in total. The first kappa shape index (κ1) is 22.5. The second-order valence-electron chi connectivity index (χ2n) is 8.29. The van der Waals surface area contributed by atoms with E-state index in [1.54, 1.807) is 48.5 Å². The minimum atomic E-state index is -0.846. The molecule has 0 spiro atoms. The number of nitrogens with one attached hydrogen (secondary N) is 1. The summed E-state index contributed by atoms with van der Waals surface area (Å²) in [6.07, 6.45) is 5.80. The molecular weight excluding hydrogens is 414 g/mol. The Bertz CT molecular complexity index is 1050. The van der Waals surface area contributed by atoms with E-state index in [-0.39, 0.29) is 24.4 Å². The highest BCUT2D eigenvalue weighted by Crippen LogP contribution is 2.27. The molecule has 2 amide bonds. The Morgan fingerprint density at radius 2 is 1.70 bits per heavy atom. The van der Waals surface area contributed by atoms with Crippen molar-refractivity contribution in [2.24, 2.45) is 0 Å². The first-order valence-electron chi connectivity index (χ1n) is 11.4. The maximum Gasteiger partial charge on any atom is 0.255 e. The predicted molar refractivity (Wildman–Crippen MR) is 127 cm³/mol. The quantitative estimate of drug-likeness (QED) is 0.555. The Morgan fingerprint density at radius 3 is 2.33 bits per heavy atom. The van der Waals surface area contributed by atoms with Gasteiger partial charge in [-0.2, -0.15) is 0 Å². The van der Waals surface area contributed by atoms with Crippen LogP contribution in [0.3, 0.4) is 0 Å². The molecule has 1 N–H and O–H groups in total. The lowest BCUT2D eigenvalue weighted by Gasteiger charge is -2.32. The molecule has 170 valence electrons. The van der Waals surface area contributed by atoms with Crippen molar-refractivity contribution in [3.05, 3.63) is 95.8 Å². The standard InChI is InChI=1S/C27H29N3O3/c1-33-23-16-14-21(15-17-23)27(32)30(19-20-9-3-2-4-10-20)25(24-13-7-8-18-28-24)26(31)29-22-11-5-6-12-22/h2-4,7-10,13-18,22,25H,5-6,11-12,19H2,1H3,(H,29,31). The van der Waals surface area contributed by atoms with Gasteiger partial charge in [-0.15, -0.1) is 0 Å². The van der Waals surface area contributed by atoms with Crippen molar-refractivity contribution in [2.45, 2.75) is 44.3 Å². The fraction of sp³-hybridized carbons (Fsp3) is 0.296. The molecule has 0 saturated heterocycles. The molecule has 2 aromatic carbocycles. The van der Waals surface area contributed by atoms with Crippen LogP contribution < -0.4 is 10.1 Å². The summed E-state index contributed by atoms with van der Waals surface area (Å²) in [6.45, 7) is 0.283. The third-order valence-corrected chi connectivity index (χ3v) is 6.02. The van der Waals surface area contributed by atoms with Crippen molar-refractivity contribution in [1.82, 2.24) is 15.2 Å². The molecule has 1 aromatic heterocycles. The summed E-state index contributed by atoms with van der Waals surface area (Å²) in [4.78, 5) is 33.5. The molecule has 1 fully saturated rings. The van der Waals surface area contributed by atoms with E-state index in [9.17, 15) is 9.59 Å². The van der Waals surface area contributed by atoms with Crippen molar-refractivity contribution in [2.75, 3.05) is 7.11 Å². The van der Waals surface area contributed by atoms with Crippen molar-refractivity contribution in [1.29, 1.82) is 0 Å². The summed E-state index contributed by atoms with van der Waals surface area (Å²) in [6, 6.07) is 21.4. The second kappa shape index (κ2) is 10.8. The summed E-state index contributed by atoms with van der Waals surface area (Å²) in [5, 5.41) is 3.18. The Kier molecular flexibility index (Phi) is 7.35. The van der Waals surface area contributed by atoms with Gasteiger partial charge >= 0.3 is 0 Å². The summed E-state index contributed by atoms with van der Waals surface area (Å²) < 4.78 is 5.24. The van der Waals surface area contributed by atoms with Crippen molar-refractivity contribution in [3.8, 4) is 5.75 Å². The second-order valence-corrected chi connectivity index (χ2v) is 8.29. The number of methoxy groups -OCH3 is 1. The van der Waals surface area contributed by atoms with Gasteiger partial charge in [0, 0.05) is 24.3 Å². The molecule has 33 heavy (non-hydrogen) atoms. The maximum atomic E-state index is 13.8. The monoisotopic (exact) mass is 443 g/mol. The molecule has 0 radical (unpaired) electrons. The number of benzene rings is 2. The average Bonchev–Trinajstić information content (AvgIpc) is 3.37. The van der Waals surface area contributed by atoms with Crippen LogP contribution in [0, 0.1) is 0 Å². The van der Waals surface area contributed by atoms with Gasteiger partial charge in [-0.3, -0.25) is 14.6 Å². The first-order chi connectivity index (χ1) is 16.2. The lowest BCUT2D eigenvalue weighted by molar-refractivity contribution is -0.127. The van der Waals surface area contributed by atoms with Crippen LogP contribution in [-0.4, -0.2) is 34.8 Å². The number of nitrogens with zero attached hydrogens (tertiary/aromatic N) is 2. The lowest BCUT2D eigenvalue weighted by atomic mass is 10.0. The summed E-state index contributed by atoms with van der Waals surface area (Å²) in [5.41, 5.74) is 1.97. The van der Waals surface area contributed by atoms with Gasteiger partial charge in [0.1, 0.15) is 5.75 Å². The van der Waals surface area contributed by atoms with Crippen LogP contribution in [-0.2, 0) is 11.3 Å². The molecule has 6 heteroatoms. The predicted octanol–water partition coefficient (Wildman–Crippen LogP) is 4.53. The SMILES string of the molecule is COc1ccc(C(=O)N(Cc2ccccc2)C(C(=O)NC2CCCC2)c2ccccn2)cc1. The number of hydrogen-bond acceptors (Lipinski definition) is 4. The molecule has 1 aliphatic rings. The smallest absolute Gasteiger partial charge is 0.255 e. The maximum absolute atomic E-state index is 13.8. The Labute approximate surface area is 194 Å². The summed E-state index contributed by atoms with van der Waals surface area (Å²) in [5.74, 6) is 0.235. The number of amides is 2. The summed E-state index contributed by atoms with van der Waals surface area (Å²) >= 11 is 0. The van der Waals surface area contributed by atoms with Crippen molar-refractivity contribution < 1.29 is 14.3 Å². The van der Waals surface area contributed by atoms with Crippen LogP contribution in [0.15, 0.2) is 79.0 Å². The van der Waals surface area contributed by atoms with Gasteiger partial charge < -0.3 is 15.0 Å². The van der Waals surface area contributed by atoms with Crippen molar-refractivity contribution in [3.63, 3.8) is 0 Å². The van der Waals surface area contributed by atoms with Crippen LogP contribution in [0.1, 0.15) is 53.3 Å². The normalized spacial score (nSPS) is 14.5. The highest BCUT2D eigenvalue weighted by Gasteiger charge is 2.34. The zero-order chi connectivity index (χ0) is 23.0. The minimum absolute atomic E-state index is 0.137. The Hall–Kier alpha value is -3.67. The number of rotatable bonds is 8. The lowest BCUT2D eigenvalue weighted by Crippen LogP contribution is -2.46. The third kappa shape index (κ3) is 5.58. The molecule has 0 bridgehead atoms. The van der Waals surface area contributed by atoms with Crippen LogP contribution >= 0.6 is 0 Å².